The SMILES string of the molecule is CC(C)(NC(=O)OCc1ccccc1)c1cc(OC2[C@H]3CCC[C@@H]23)nc(-c2ccc3c(c2)CC3(F)F)c1. The molecule has 3 aromatic rings. The first-order valence-electron chi connectivity index (χ1n) is 12.9. The van der Waals surface area contributed by atoms with E-state index in [2.05, 4.69) is 5.32 Å². The first kappa shape index (κ1) is 23.9. The van der Waals surface area contributed by atoms with Crippen molar-refractivity contribution in [2.75, 3.05) is 0 Å². The number of alkyl halides is 2. The minimum atomic E-state index is -2.76. The highest BCUT2D eigenvalue weighted by Crippen LogP contribution is 2.54. The summed E-state index contributed by atoms with van der Waals surface area (Å²) in [6.45, 7) is 3.95. The number of fused-ring (bicyclic) bond motifs is 2. The molecule has 2 fully saturated rings. The summed E-state index contributed by atoms with van der Waals surface area (Å²) in [6.07, 6.45) is 2.99. The number of benzene rings is 2. The van der Waals surface area contributed by atoms with Crippen molar-refractivity contribution in [2.45, 2.75) is 63.7 Å². The van der Waals surface area contributed by atoms with Gasteiger partial charge in [0.2, 0.25) is 5.88 Å². The minimum Gasteiger partial charge on any atom is -0.474 e. The summed E-state index contributed by atoms with van der Waals surface area (Å²) in [4.78, 5) is 17.4. The summed E-state index contributed by atoms with van der Waals surface area (Å²) in [5.74, 6) is -1.08. The van der Waals surface area contributed by atoms with Gasteiger partial charge in [-0.15, -0.1) is 0 Å². The van der Waals surface area contributed by atoms with Gasteiger partial charge in [0.05, 0.1) is 11.2 Å². The van der Waals surface area contributed by atoms with Crippen LogP contribution in [0.5, 0.6) is 5.88 Å². The fourth-order valence-corrected chi connectivity index (χ4v) is 5.71. The molecule has 3 aliphatic rings. The van der Waals surface area contributed by atoms with Crippen molar-refractivity contribution >= 4 is 6.09 Å². The number of carbonyl (C=O) groups excluding carboxylic acids is 1. The molecule has 192 valence electrons. The van der Waals surface area contributed by atoms with Crippen LogP contribution < -0.4 is 10.1 Å². The molecule has 1 heterocycles. The minimum absolute atomic E-state index is 0.0813. The van der Waals surface area contributed by atoms with E-state index in [1.807, 2.05) is 56.3 Å². The van der Waals surface area contributed by atoms with Crippen LogP contribution in [0.3, 0.4) is 0 Å². The predicted molar refractivity (Wildman–Crippen MR) is 135 cm³/mol. The number of halogens is 2. The van der Waals surface area contributed by atoms with Crippen LogP contribution in [-0.4, -0.2) is 17.2 Å². The Kier molecular flexibility index (Phi) is 5.70. The molecular formula is C30H30F2N2O3. The monoisotopic (exact) mass is 504 g/mol. The molecule has 2 aromatic carbocycles. The molecule has 0 bridgehead atoms. The van der Waals surface area contributed by atoms with Crippen molar-refractivity contribution in [1.82, 2.24) is 10.3 Å². The summed E-state index contributed by atoms with van der Waals surface area (Å²) in [5, 5.41) is 2.96. The van der Waals surface area contributed by atoms with Crippen molar-refractivity contribution in [3.8, 4) is 17.1 Å². The maximum Gasteiger partial charge on any atom is 0.408 e. The number of rotatable bonds is 7. The van der Waals surface area contributed by atoms with Crippen molar-refractivity contribution in [3.63, 3.8) is 0 Å². The van der Waals surface area contributed by atoms with E-state index < -0.39 is 17.6 Å². The zero-order chi connectivity index (χ0) is 25.8. The number of ether oxygens (including phenoxy) is 2. The molecule has 6 rings (SSSR count). The molecule has 3 aliphatic carbocycles. The average molecular weight is 505 g/mol. The number of nitrogens with zero attached hydrogens (tertiary/aromatic N) is 1. The number of alkyl carbamates (subject to hydrolysis) is 1. The topological polar surface area (TPSA) is 60.5 Å². The van der Waals surface area contributed by atoms with E-state index in [0.717, 1.165) is 16.7 Å². The summed E-state index contributed by atoms with van der Waals surface area (Å²) in [6, 6.07) is 18.2. The average Bonchev–Trinajstić information content (AvgIpc) is 3.26. The zero-order valence-corrected chi connectivity index (χ0v) is 21.0. The van der Waals surface area contributed by atoms with Gasteiger partial charge in [-0.2, -0.15) is 0 Å². The van der Waals surface area contributed by atoms with Crippen LogP contribution in [0.15, 0.2) is 60.7 Å². The van der Waals surface area contributed by atoms with E-state index in [0.29, 0.717) is 29.0 Å². The summed E-state index contributed by atoms with van der Waals surface area (Å²) >= 11 is 0. The van der Waals surface area contributed by atoms with E-state index in [-0.39, 0.29) is 24.7 Å². The van der Waals surface area contributed by atoms with Crippen LogP contribution >= 0.6 is 0 Å². The number of hydrogen-bond acceptors (Lipinski definition) is 4. The lowest BCUT2D eigenvalue weighted by molar-refractivity contribution is -0.0287. The molecule has 1 amide bonds. The Labute approximate surface area is 215 Å². The largest absolute Gasteiger partial charge is 0.474 e. The lowest BCUT2D eigenvalue weighted by Gasteiger charge is -2.30. The Bertz CT molecular complexity index is 1330. The van der Waals surface area contributed by atoms with Crippen molar-refractivity contribution in [2.24, 2.45) is 11.8 Å². The Morgan fingerprint density at radius 3 is 2.54 bits per heavy atom. The lowest BCUT2D eigenvalue weighted by Crippen LogP contribution is -2.41. The summed E-state index contributed by atoms with van der Waals surface area (Å²) < 4.78 is 39.4. The molecule has 1 aromatic heterocycles. The van der Waals surface area contributed by atoms with Crippen LogP contribution in [0.4, 0.5) is 13.6 Å². The van der Waals surface area contributed by atoms with E-state index in [9.17, 15) is 13.6 Å². The number of amides is 1. The Balaban J connectivity index is 1.25. The van der Waals surface area contributed by atoms with Gasteiger partial charge >= 0.3 is 6.09 Å². The van der Waals surface area contributed by atoms with Crippen molar-refractivity contribution in [1.29, 1.82) is 0 Å². The highest BCUT2D eigenvalue weighted by molar-refractivity contribution is 5.69. The van der Waals surface area contributed by atoms with Gasteiger partial charge in [-0.1, -0.05) is 48.9 Å². The molecule has 3 atom stereocenters. The maximum atomic E-state index is 13.8. The summed E-state index contributed by atoms with van der Waals surface area (Å²) in [7, 11) is 0. The van der Waals surface area contributed by atoms with Crippen molar-refractivity contribution < 1.29 is 23.0 Å². The highest BCUT2D eigenvalue weighted by atomic mass is 19.3. The van der Waals surface area contributed by atoms with Crippen LogP contribution in [0.25, 0.3) is 11.3 Å². The number of carbonyl (C=O) groups is 1. The van der Waals surface area contributed by atoms with Crippen molar-refractivity contribution in [3.05, 3.63) is 82.9 Å². The van der Waals surface area contributed by atoms with Gasteiger partial charge in [0.1, 0.15) is 12.7 Å². The standard InChI is InChI=1S/C30H30F2N2O3/c1-29(2,34-28(35)36-17-18-7-4-3-5-8-18)21-14-25(19-11-12-24-20(13-19)16-30(24,31)32)33-26(15-21)37-27-22-9-6-10-23(22)27/h3-5,7-8,11-15,22-23,27H,6,9-10,16-17H2,1-2H3,(H,34,35)/t22-,23+,27?. The van der Waals surface area contributed by atoms with E-state index in [1.165, 1.54) is 25.3 Å². The van der Waals surface area contributed by atoms with E-state index >= 15 is 0 Å². The molecule has 0 saturated heterocycles. The molecule has 5 nitrogen and oxygen atoms in total. The van der Waals surface area contributed by atoms with Gasteiger partial charge in [0.25, 0.3) is 5.92 Å². The Morgan fingerprint density at radius 2 is 1.84 bits per heavy atom. The normalized spacial score (nSPS) is 22.9. The van der Waals surface area contributed by atoms with E-state index in [4.69, 9.17) is 14.5 Å². The Morgan fingerprint density at radius 1 is 1.08 bits per heavy atom. The van der Waals surface area contributed by atoms with Gasteiger partial charge in [-0.05, 0) is 55.5 Å². The van der Waals surface area contributed by atoms with Gasteiger partial charge in [-0.3, -0.25) is 0 Å². The number of nitrogens with one attached hydrogen (secondary N) is 1. The Hall–Kier alpha value is -3.48. The predicted octanol–water partition coefficient (Wildman–Crippen LogP) is 6.74. The number of aromatic nitrogens is 1. The number of hydrogen-bond donors (Lipinski definition) is 1. The second-order valence-electron chi connectivity index (χ2n) is 11.0. The summed E-state index contributed by atoms with van der Waals surface area (Å²) in [5.41, 5.74) is 2.99. The van der Waals surface area contributed by atoms with E-state index in [1.54, 1.807) is 12.1 Å². The molecule has 0 aliphatic heterocycles. The molecule has 1 N–H and O–H groups in total. The zero-order valence-electron chi connectivity index (χ0n) is 21.0. The fourth-order valence-electron chi connectivity index (χ4n) is 5.71. The van der Waals surface area contributed by atoms with Crippen LogP contribution in [0, 0.1) is 11.8 Å². The van der Waals surface area contributed by atoms with Crippen LogP contribution in [0.2, 0.25) is 0 Å². The molecule has 0 radical (unpaired) electrons. The lowest BCUT2D eigenvalue weighted by atomic mass is 9.82. The molecule has 0 spiro atoms. The quantitative estimate of drug-likeness (QED) is 0.387. The van der Waals surface area contributed by atoms with Crippen LogP contribution in [-0.2, 0) is 29.2 Å². The fraction of sp³-hybridized carbons (Fsp3) is 0.400. The molecule has 7 heteroatoms. The first-order chi connectivity index (χ1) is 17.7. The first-order valence-corrected chi connectivity index (χ1v) is 12.9. The van der Waals surface area contributed by atoms with Crippen LogP contribution in [0.1, 0.15) is 55.4 Å². The third-order valence-corrected chi connectivity index (χ3v) is 7.94. The third kappa shape index (κ3) is 4.67. The second kappa shape index (κ2) is 8.82. The van der Waals surface area contributed by atoms with Gasteiger partial charge in [0, 0.05) is 35.4 Å². The number of pyridine rings is 1. The smallest absolute Gasteiger partial charge is 0.408 e. The maximum absolute atomic E-state index is 13.8. The highest BCUT2D eigenvalue weighted by Gasteiger charge is 2.55. The molecular weight excluding hydrogens is 474 g/mol. The molecule has 37 heavy (non-hydrogen) atoms. The molecule has 2 saturated carbocycles. The molecule has 1 unspecified atom stereocenters. The van der Waals surface area contributed by atoms with Gasteiger partial charge in [-0.25, -0.2) is 18.6 Å². The van der Waals surface area contributed by atoms with Gasteiger partial charge in [0.15, 0.2) is 0 Å². The third-order valence-electron chi connectivity index (χ3n) is 7.94. The second-order valence-corrected chi connectivity index (χ2v) is 11.0. The van der Waals surface area contributed by atoms with Gasteiger partial charge < -0.3 is 14.8 Å².